The third kappa shape index (κ3) is 4.03. The third-order valence-corrected chi connectivity index (χ3v) is 3.78. The molecule has 0 saturated heterocycles. The van der Waals surface area contributed by atoms with Crippen LogP contribution in [0.3, 0.4) is 0 Å². The number of thioether (sulfide) groups is 1. The fraction of sp³-hybridized carbons (Fsp3) is 0.188. The minimum Gasteiger partial charge on any atom is -0.492 e. The van der Waals surface area contributed by atoms with Crippen molar-refractivity contribution in [1.29, 1.82) is 0 Å². The largest absolute Gasteiger partial charge is 0.492 e. The minimum absolute atomic E-state index is 0.311. The Morgan fingerprint density at radius 1 is 1.15 bits per heavy atom. The molecule has 0 radical (unpaired) electrons. The number of hydrogen-bond acceptors (Lipinski definition) is 3. The average Bonchev–Trinajstić information content (AvgIpc) is 2.46. The molecule has 0 fully saturated rings. The van der Waals surface area contributed by atoms with E-state index in [1.54, 1.807) is 23.9 Å². The molecule has 0 amide bonds. The van der Waals surface area contributed by atoms with E-state index < -0.39 is 5.97 Å². The number of ether oxygens (including phenoxy) is 1. The van der Waals surface area contributed by atoms with Crippen LogP contribution < -0.4 is 4.74 Å². The molecule has 2 aromatic rings. The first kappa shape index (κ1) is 14.5. The molecule has 2 rings (SSSR count). The van der Waals surface area contributed by atoms with Crippen molar-refractivity contribution in [3.05, 3.63) is 59.7 Å². The molecule has 0 aromatic heterocycles. The van der Waals surface area contributed by atoms with E-state index in [1.165, 1.54) is 0 Å². The smallest absolute Gasteiger partial charge is 0.335 e. The van der Waals surface area contributed by atoms with Crippen LogP contribution in [0, 0.1) is 6.92 Å². The van der Waals surface area contributed by atoms with Gasteiger partial charge in [0, 0.05) is 10.6 Å². The van der Waals surface area contributed by atoms with Crippen LogP contribution in [0.25, 0.3) is 0 Å². The lowest BCUT2D eigenvalue weighted by atomic mass is 10.2. The van der Waals surface area contributed by atoms with Gasteiger partial charge in [-0.3, -0.25) is 0 Å². The van der Waals surface area contributed by atoms with Crippen molar-refractivity contribution in [2.75, 3.05) is 12.4 Å². The van der Waals surface area contributed by atoms with Crippen molar-refractivity contribution < 1.29 is 14.6 Å². The number of aromatic carboxylic acids is 1. The van der Waals surface area contributed by atoms with Gasteiger partial charge in [0.1, 0.15) is 5.75 Å². The molecule has 0 aliphatic rings. The summed E-state index contributed by atoms with van der Waals surface area (Å²) in [6, 6.07) is 14.8. The Morgan fingerprint density at radius 3 is 2.50 bits per heavy atom. The summed E-state index contributed by atoms with van der Waals surface area (Å²) >= 11 is 1.65. The van der Waals surface area contributed by atoms with Crippen LogP contribution in [-0.4, -0.2) is 23.4 Å². The Labute approximate surface area is 122 Å². The number of carboxylic acid groups (broad SMARTS) is 1. The Balaban J connectivity index is 1.79. The van der Waals surface area contributed by atoms with E-state index in [0.717, 1.165) is 22.0 Å². The number of hydrogen-bond donors (Lipinski definition) is 1. The van der Waals surface area contributed by atoms with Gasteiger partial charge in [0.25, 0.3) is 0 Å². The summed E-state index contributed by atoms with van der Waals surface area (Å²) < 4.78 is 5.71. The predicted molar refractivity (Wildman–Crippen MR) is 80.8 cm³/mol. The van der Waals surface area contributed by atoms with Gasteiger partial charge < -0.3 is 9.84 Å². The Hall–Kier alpha value is -1.94. The van der Waals surface area contributed by atoms with Gasteiger partial charge in [-0.25, -0.2) is 4.79 Å². The monoisotopic (exact) mass is 288 g/mol. The van der Waals surface area contributed by atoms with Crippen molar-refractivity contribution in [3.63, 3.8) is 0 Å². The van der Waals surface area contributed by atoms with Crippen molar-refractivity contribution >= 4 is 17.7 Å². The summed E-state index contributed by atoms with van der Waals surface area (Å²) in [6.45, 7) is 2.64. The third-order valence-electron chi connectivity index (χ3n) is 2.80. The van der Waals surface area contributed by atoms with E-state index in [2.05, 4.69) is 0 Å². The van der Waals surface area contributed by atoms with Gasteiger partial charge in [0.15, 0.2) is 0 Å². The highest BCUT2D eigenvalue weighted by Crippen LogP contribution is 2.20. The van der Waals surface area contributed by atoms with Crippen LogP contribution in [0.1, 0.15) is 15.9 Å². The van der Waals surface area contributed by atoms with Crippen LogP contribution in [0.15, 0.2) is 53.4 Å². The first-order chi connectivity index (χ1) is 9.66. The second kappa shape index (κ2) is 7.01. The summed E-state index contributed by atoms with van der Waals surface area (Å²) in [5.41, 5.74) is 1.44. The van der Waals surface area contributed by atoms with Gasteiger partial charge in [-0.1, -0.05) is 18.2 Å². The maximum atomic E-state index is 10.7. The number of para-hydroxylation sites is 1. The quantitative estimate of drug-likeness (QED) is 0.647. The molecule has 3 nitrogen and oxygen atoms in total. The van der Waals surface area contributed by atoms with Crippen molar-refractivity contribution in [3.8, 4) is 5.75 Å². The average molecular weight is 288 g/mol. The zero-order chi connectivity index (χ0) is 14.4. The van der Waals surface area contributed by atoms with Gasteiger partial charge in [-0.05, 0) is 42.8 Å². The lowest BCUT2D eigenvalue weighted by Gasteiger charge is -2.08. The predicted octanol–water partition coefficient (Wildman–Crippen LogP) is 3.86. The number of rotatable bonds is 6. The minimum atomic E-state index is -0.899. The highest BCUT2D eigenvalue weighted by molar-refractivity contribution is 7.99. The van der Waals surface area contributed by atoms with Gasteiger partial charge in [-0.15, -0.1) is 11.8 Å². The Bertz CT molecular complexity index is 579. The van der Waals surface area contributed by atoms with Crippen molar-refractivity contribution in [1.82, 2.24) is 0 Å². The molecule has 0 aliphatic carbocycles. The Morgan fingerprint density at radius 2 is 1.85 bits per heavy atom. The summed E-state index contributed by atoms with van der Waals surface area (Å²) in [6.07, 6.45) is 0. The topological polar surface area (TPSA) is 46.5 Å². The van der Waals surface area contributed by atoms with E-state index in [9.17, 15) is 4.79 Å². The second-order valence-electron chi connectivity index (χ2n) is 4.29. The number of carboxylic acids is 1. The van der Waals surface area contributed by atoms with Gasteiger partial charge in [-0.2, -0.15) is 0 Å². The SMILES string of the molecule is Cc1ccccc1OCCSc1ccc(C(=O)O)cc1. The molecule has 4 heteroatoms. The first-order valence-corrected chi connectivity index (χ1v) is 7.30. The summed E-state index contributed by atoms with van der Waals surface area (Å²) in [5.74, 6) is 0.833. The summed E-state index contributed by atoms with van der Waals surface area (Å²) in [4.78, 5) is 11.8. The molecule has 0 unspecified atom stereocenters. The highest BCUT2D eigenvalue weighted by atomic mass is 32.2. The highest BCUT2D eigenvalue weighted by Gasteiger charge is 2.02. The molecule has 2 aromatic carbocycles. The van der Waals surface area contributed by atoms with E-state index in [-0.39, 0.29) is 0 Å². The van der Waals surface area contributed by atoms with Crippen LogP contribution in [0.2, 0.25) is 0 Å². The molecular formula is C16H16O3S. The molecule has 0 heterocycles. The molecule has 20 heavy (non-hydrogen) atoms. The fourth-order valence-corrected chi connectivity index (χ4v) is 2.45. The van der Waals surface area contributed by atoms with Crippen LogP contribution in [0.4, 0.5) is 0 Å². The zero-order valence-electron chi connectivity index (χ0n) is 11.2. The number of benzene rings is 2. The van der Waals surface area contributed by atoms with Crippen LogP contribution in [-0.2, 0) is 0 Å². The standard InChI is InChI=1S/C16H16O3S/c1-12-4-2-3-5-15(12)19-10-11-20-14-8-6-13(7-9-14)16(17)18/h2-9H,10-11H2,1H3,(H,17,18). The zero-order valence-corrected chi connectivity index (χ0v) is 12.0. The van der Waals surface area contributed by atoms with Crippen molar-refractivity contribution in [2.45, 2.75) is 11.8 Å². The van der Waals surface area contributed by atoms with Crippen LogP contribution in [0.5, 0.6) is 5.75 Å². The normalized spacial score (nSPS) is 10.2. The van der Waals surface area contributed by atoms with E-state index in [0.29, 0.717) is 12.2 Å². The Kier molecular flexibility index (Phi) is 5.07. The molecule has 0 aliphatic heterocycles. The number of carbonyl (C=O) groups is 1. The molecular weight excluding hydrogens is 272 g/mol. The lowest BCUT2D eigenvalue weighted by Crippen LogP contribution is -2.01. The van der Waals surface area contributed by atoms with Gasteiger partial charge >= 0.3 is 5.97 Å². The summed E-state index contributed by atoms with van der Waals surface area (Å²) in [7, 11) is 0. The van der Waals surface area contributed by atoms with E-state index in [1.807, 2.05) is 43.3 Å². The molecule has 1 N–H and O–H groups in total. The van der Waals surface area contributed by atoms with E-state index in [4.69, 9.17) is 9.84 Å². The molecule has 0 spiro atoms. The molecule has 0 bridgehead atoms. The molecule has 104 valence electrons. The summed E-state index contributed by atoms with van der Waals surface area (Å²) in [5, 5.41) is 8.82. The van der Waals surface area contributed by atoms with Gasteiger partial charge in [0.2, 0.25) is 0 Å². The first-order valence-electron chi connectivity index (χ1n) is 6.31. The fourth-order valence-electron chi connectivity index (χ4n) is 1.72. The van der Waals surface area contributed by atoms with Gasteiger partial charge in [0.05, 0.1) is 12.2 Å². The lowest BCUT2D eigenvalue weighted by molar-refractivity contribution is 0.0697. The second-order valence-corrected chi connectivity index (χ2v) is 5.46. The molecule has 0 atom stereocenters. The maximum Gasteiger partial charge on any atom is 0.335 e. The van der Waals surface area contributed by atoms with Crippen molar-refractivity contribution in [2.24, 2.45) is 0 Å². The maximum absolute atomic E-state index is 10.7. The molecule has 0 saturated carbocycles. The number of aryl methyl sites for hydroxylation is 1. The van der Waals surface area contributed by atoms with E-state index >= 15 is 0 Å². The van der Waals surface area contributed by atoms with Crippen LogP contribution >= 0.6 is 11.8 Å².